The van der Waals surface area contributed by atoms with Crippen molar-refractivity contribution in [3.8, 4) is 17.6 Å². The van der Waals surface area contributed by atoms with E-state index in [1.54, 1.807) is 24.3 Å². The highest BCUT2D eigenvalue weighted by molar-refractivity contribution is 9.10. The molecular formula is C18H14BrFN2O3. The maximum atomic E-state index is 13.8. The van der Waals surface area contributed by atoms with Crippen LogP contribution < -0.4 is 14.8 Å². The molecule has 0 aromatic heterocycles. The standard InChI is InChI=1S/C18H14BrFN2O3/c1-24-14-5-3-11(17(9-14)25-2)7-12(10-21)18(23)22-16-6-4-13(19)8-15(16)20/h3-9H,1-2H3,(H,22,23)/b12-7-. The third-order valence-corrected chi connectivity index (χ3v) is 3.78. The van der Waals surface area contributed by atoms with Gasteiger partial charge in [-0.05, 0) is 36.4 Å². The maximum Gasteiger partial charge on any atom is 0.266 e. The largest absolute Gasteiger partial charge is 0.497 e. The molecule has 0 spiro atoms. The summed E-state index contributed by atoms with van der Waals surface area (Å²) in [6, 6.07) is 11.0. The number of nitriles is 1. The van der Waals surface area contributed by atoms with Gasteiger partial charge in [0.25, 0.3) is 5.91 Å². The van der Waals surface area contributed by atoms with Gasteiger partial charge in [0.2, 0.25) is 0 Å². The summed E-state index contributed by atoms with van der Waals surface area (Å²) in [4.78, 5) is 12.3. The molecule has 0 aliphatic heterocycles. The Morgan fingerprint density at radius 3 is 2.60 bits per heavy atom. The van der Waals surface area contributed by atoms with Crippen LogP contribution in [0.3, 0.4) is 0 Å². The fraction of sp³-hybridized carbons (Fsp3) is 0.111. The van der Waals surface area contributed by atoms with E-state index in [0.29, 0.717) is 21.5 Å². The number of ether oxygens (including phenoxy) is 2. The van der Waals surface area contributed by atoms with Crippen molar-refractivity contribution in [3.05, 3.63) is 57.8 Å². The summed E-state index contributed by atoms with van der Waals surface area (Å²) < 4.78 is 24.7. The molecule has 128 valence electrons. The number of nitrogens with one attached hydrogen (secondary N) is 1. The van der Waals surface area contributed by atoms with Crippen molar-refractivity contribution in [2.24, 2.45) is 0 Å². The van der Waals surface area contributed by atoms with Crippen molar-refractivity contribution < 1.29 is 18.7 Å². The molecule has 0 aliphatic carbocycles. The molecule has 0 atom stereocenters. The number of benzene rings is 2. The van der Waals surface area contributed by atoms with Gasteiger partial charge in [-0.3, -0.25) is 4.79 Å². The monoisotopic (exact) mass is 404 g/mol. The van der Waals surface area contributed by atoms with E-state index in [0.717, 1.165) is 0 Å². The molecule has 0 unspecified atom stereocenters. The zero-order valence-electron chi connectivity index (χ0n) is 13.5. The van der Waals surface area contributed by atoms with Crippen molar-refractivity contribution >= 4 is 33.6 Å². The van der Waals surface area contributed by atoms with E-state index < -0.39 is 11.7 Å². The third kappa shape index (κ3) is 4.58. The van der Waals surface area contributed by atoms with Gasteiger partial charge >= 0.3 is 0 Å². The predicted molar refractivity (Wildman–Crippen MR) is 95.9 cm³/mol. The van der Waals surface area contributed by atoms with E-state index in [4.69, 9.17) is 9.47 Å². The highest BCUT2D eigenvalue weighted by Crippen LogP contribution is 2.27. The van der Waals surface area contributed by atoms with Crippen molar-refractivity contribution in [3.63, 3.8) is 0 Å². The Hall–Kier alpha value is -2.85. The normalized spacial score (nSPS) is 10.8. The molecular weight excluding hydrogens is 391 g/mol. The Labute approximate surface area is 152 Å². The Bertz CT molecular complexity index is 875. The Kier molecular flexibility index (Phi) is 6.14. The van der Waals surface area contributed by atoms with Crippen molar-refractivity contribution in [2.45, 2.75) is 0 Å². The number of anilines is 1. The van der Waals surface area contributed by atoms with Crippen LogP contribution in [0, 0.1) is 17.1 Å². The average Bonchev–Trinajstić information content (AvgIpc) is 2.61. The first-order chi connectivity index (χ1) is 12.0. The highest BCUT2D eigenvalue weighted by atomic mass is 79.9. The predicted octanol–water partition coefficient (Wildman–Crippen LogP) is 4.15. The number of hydrogen-bond donors (Lipinski definition) is 1. The van der Waals surface area contributed by atoms with Gasteiger partial charge in [0.05, 0.1) is 19.9 Å². The Morgan fingerprint density at radius 1 is 1.24 bits per heavy atom. The van der Waals surface area contributed by atoms with E-state index in [1.165, 1.54) is 32.4 Å². The minimum Gasteiger partial charge on any atom is -0.497 e. The van der Waals surface area contributed by atoms with Crippen LogP contribution in [0.1, 0.15) is 5.56 Å². The molecule has 0 bridgehead atoms. The van der Waals surface area contributed by atoms with Gasteiger partial charge in [0.1, 0.15) is 29.0 Å². The van der Waals surface area contributed by atoms with Gasteiger partial charge in [-0.25, -0.2) is 4.39 Å². The quantitative estimate of drug-likeness (QED) is 0.599. The van der Waals surface area contributed by atoms with E-state index in [9.17, 15) is 14.4 Å². The number of amides is 1. The van der Waals surface area contributed by atoms with Crippen LogP contribution in [0.4, 0.5) is 10.1 Å². The lowest BCUT2D eigenvalue weighted by molar-refractivity contribution is -0.112. The molecule has 2 aromatic rings. The molecule has 1 amide bonds. The lowest BCUT2D eigenvalue weighted by Gasteiger charge is -2.09. The number of hydrogen-bond acceptors (Lipinski definition) is 4. The lowest BCUT2D eigenvalue weighted by Crippen LogP contribution is -2.14. The van der Waals surface area contributed by atoms with Gasteiger partial charge in [0.15, 0.2) is 0 Å². The molecule has 2 aromatic carbocycles. The van der Waals surface area contributed by atoms with Crippen molar-refractivity contribution in [1.29, 1.82) is 5.26 Å². The minimum atomic E-state index is -0.721. The van der Waals surface area contributed by atoms with Gasteiger partial charge in [-0.15, -0.1) is 0 Å². The van der Waals surface area contributed by atoms with Crippen LogP contribution in [0.2, 0.25) is 0 Å². The second kappa shape index (κ2) is 8.31. The molecule has 25 heavy (non-hydrogen) atoms. The second-order valence-corrected chi connectivity index (χ2v) is 5.77. The summed E-state index contributed by atoms with van der Waals surface area (Å²) in [7, 11) is 2.99. The van der Waals surface area contributed by atoms with E-state index >= 15 is 0 Å². The Balaban J connectivity index is 2.31. The minimum absolute atomic E-state index is 0.0176. The van der Waals surface area contributed by atoms with E-state index in [2.05, 4.69) is 21.2 Å². The summed E-state index contributed by atoms with van der Waals surface area (Å²) in [5.74, 6) is -0.313. The summed E-state index contributed by atoms with van der Waals surface area (Å²) in [6.45, 7) is 0. The summed E-state index contributed by atoms with van der Waals surface area (Å²) in [6.07, 6.45) is 1.37. The first-order valence-electron chi connectivity index (χ1n) is 7.08. The number of nitrogens with zero attached hydrogens (tertiary/aromatic N) is 1. The van der Waals surface area contributed by atoms with E-state index in [1.807, 2.05) is 6.07 Å². The topological polar surface area (TPSA) is 71.3 Å². The molecule has 0 radical (unpaired) electrons. The maximum absolute atomic E-state index is 13.8. The van der Waals surface area contributed by atoms with Gasteiger partial charge in [-0.2, -0.15) is 5.26 Å². The first-order valence-corrected chi connectivity index (χ1v) is 7.88. The Morgan fingerprint density at radius 2 is 2.00 bits per heavy atom. The highest BCUT2D eigenvalue weighted by Gasteiger charge is 2.14. The zero-order chi connectivity index (χ0) is 18.4. The summed E-state index contributed by atoms with van der Waals surface area (Å²) in [5.41, 5.74) is 0.313. The smallest absolute Gasteiger partial charge is 0.266 e. The SMILES string of the molecule is COc1ccc(/C=C(/C#N)C(=O)Nc2ccc(Br)cc2F)c(OC)c1. The lowest BCUT2D eigenvalue weighted by atomic mass is 10.1. The number of carbonyl (C=O) groups is 1. The van der Waals surface area contributed by atoms with Crippen LogP contribution in [0.15, 0.2) is 46.4 Å². The first kappa shape index (κ1) is 18.5. The van der Waals surface area contributed by atoms with Crippen molar-refractivity contribution in [2.75, 3.05) is 19.5 Å². The molecule has 0 fully saturated rings. The number of rotatable bonds is 5. The number of methoxy groups -OCH3 is 2. The van der Waals surface area contributed by atoms with Gasteiger partial charge in [0, 0.05) is 16.1 Å². The molecule has 2 rings (SSSR count). The molecule has 5 nitrogen and oxygen atoms in total. The second-order valence-electron chi connectivity index (χ2n) is 4.86. The molecule has 0 saturated carbocycles. The van der Waals surface area contributed by atoms with Crippen LogP contribution >= 0.6 is 15.9 Å². The van der Waals surface area contributed by atoms with E-state index in [-0.39, 0.29) is 11.3 Å². The number of carbonyl (C=O) groups excluding carboxylic acids is 1. The molecule has 1 N–H and O–H groups in total. The van der Waals surface area contributed by atoms with Gasteiger partial charge < -0.3 is 14.8 Å². The van der Waals surface area contributed by atoms with Crippen LogP contribution in [-0.4, -0.2) is 20.1 Å². The summed E-state index contributed by atoms with van der Waals surface area (Å²) >= 11 is 3.14. The third-order valence-electron chi connectivity index (χ3n) is 3.28. The summed E-state index contributed by atoms with van der Waals surface area (Å²) in [5, 5.41) is 11.6. The van der Waals surface area contributed by atoms with Crippen molar-refractivity contribution in [1.82, 2.24) is 0 Å². The molecule has 0 heterocycles. The molecule has 7 heteroatoms. The number of halogens is 2. The molecule has 0 aliphatic rings. The zero-order valence-corrected chi connectivity index (χ0v) is 15.1. The molecule has 0 saturated heterocycles. The van der Waals surface area contributed by atoms with Crippen LogP contribution in [0.5, 0.6) is 11.5 Å². The van der Waals surface area contributed by atoms with Gasteiger partial charge in [-0.1, -0.05) is 15.9 Å². The van der Waals surface area contributed by atoms with Crippen LogP contribution in [0.25, 0.3) is 6.08 Å². The fourth-order valence-electron chi connectivity index (χ4n) is 2.02. The average molecular weight is 405 g/mol. The van der Waals surface area contributed by atoms with Crippen LogP contribution in [-0.2, 0) is 4.79 Å². The fourth-order valence-corrected chi connectivity index (χ4v) is 2.36.